The summed E-state index contributed by atoms with van der Waals surface area (Å²) in [6.07, 6.45) is 0.430. The molecule has 1 aromatic carbocycles. The molecular weight excluding hydrogens is 239 g/mol. The molecule has 17 heavy (non-hydrogen) atoms. The van der Waals surface area contributed by atoms with Crippen LogP contribution in [-0.2, 0) is 4.79 Å². The summed E-state index contributed by atoms with van der Waals surface area (Å²) in [5.74, 6) is 0.261. The van der Waals surface area contributed by atoms with E-state index in [2.05, 4.69) is 19.2 Å². The molecule has 1 amide bonds. The molecule has 0 saturated heterocycles. The van der Waals surface area contributed by atoms with Crippen LogP contribution in [0.4, 0.5) is 15.8 Å². The van der Waals surface area contributed by atoms with Crippen LogP contribution in [0, 0.1) is 5.82 Å². The number of thioether (sulfide) groups is 1. The second-order valence-electron chi connectivity index (χ2n) is 3.95. The average Bonchev–Trinajstić information content (AvgIpc) is 2.21. The number of amides is 1. The molecule has 0 atom stereocenters. The first-order valence-electron chi connectivity index (χ1n) is 5.45. The zero-order chi connectivity index (χ0) is 12.8. The van der Waals surface area contributed by atoms with E-state index < -0.39 is 5.82 Å². The minimum Gasteiger partial charge on any atom is -0.397 e. The van der Waals surface area contributed by atoms with E-state index >= 15 is 0 Å². The normalized spacial score (nSPS) is 10.6. The second kappa shape index (κ2) is 6.49. The SMILES string of the molecule is CC(C)SCCC(=O)Nc1ccc(F)cc1N. The number of anilines is 2. The minimum absolute atomic E-state index is 0.101. The summed E-state index contributed by atoms with van der Waals surface area (Å²) in [5.41, 5.74) is 6.30. The Labute approximate surface area is 105 Å². The van der Waals surface area contributed by atoms with Crippen LogP contribution < -0.4 is 11.1 Å². The van der Waals surface area contributed by atoms with Crippen molar-refractivity contribution in [3.8, 4) is 0 Å². The van der Waals surface area contributed by atoms with Crippen molar-refractivity contribution in [2.75, 3.05) is 16.8 Å². The zero-order valence-electron chi connectivity index (χ0n) is 10.00. The van der Waals surface area contributed by atoms with E-state index in [1.807, 2.05) is 0 Å². The van der Waals surface area contributed by atoms with Gasteiger partial charge in [0.1, 0.15) is 5.82 Å². The minimum atomic E-state index is -0.407. The molecule has 0 radical (unpaired) electrons. The van der Waals surface area contributed by atoms with Gasteiger partial charge in [-0.2, -0.15) is 11.8 Å². The van der Waals surface area contributed by atoms with Crippen LogP contribution in [-0.4, -0.2) is 16.9 Å². The van der Waals surface area contributed by atoms with Gasteiger partial charge < -0.3 is 11.1 Å². The van der Waals surface area contributed by atoms with E-state index in [0.29, 0.717) is 17.4 Å². The van der Waals surface area contributed by atoms with Gasteiger partial charge in [-0.1, -0.05) is 13.8 Å². The maximum absolute atomic E-state index is 12.8. The molecular formula is C12H17FN2OS. The van der Waals surface area contributed by atoms with E-state index in [1.54, 1.807) is 11.8 Å². The molecule has 0 aliphatic heterocycles. The van der Waals surface area contributed by atoms with E-state index in [4.69, 9.17) is 5.73 Å². The predicted molar refractivity (Wildman–Crippen MR) is 71.7 cm³/mol. The van der Waals surface area contributed by atoms with Crippen LogP contribution in [0.3, 0.4) is 0 Å². The zero-order valence-corrected chi connectivity index (χ0v) is 10.8. The largest absolute Gasteiger partial charge is 0.397 e. The Morgan fingerprint density at radius 3 is 2.82 bits per heavy atom. The summed E-state index contributed by atoms with van der Waals surface area (Å²) in [6.45, 7) is 4.17. The van der Waals surface area contributed by atoms with E-state index in [1.165, 1.54) is 18.2 Å². The summed E-state index contributed by atoms with van der Waals surface area (Å²) in [4.78, 5) is 11.6. The fourth-order valence-corrected chi connectivity index (χ4v) is 2.02. The second-order valence-corrected chi connectivity index (χ2v) is 5.63. The van der Waals surface area contributed by atoms with Gasteiger partial charge in [0.05, 0.1) is 11.4 Å². The standard InChI is InChI=1S/C12H17FN2OS/c1-8(2)17-6-5-12(16)15-11-4-3-9(13)7-10(11)14/h3-4,7-8H,5-6,14H2,1-2H3,(H,15,16). The number of hydrogen-bond acceptors (Lipinski definition) is 3. The summed E-state index contributed by atoms with van der Waals surface area (Å²) in [5, 5.41) is 3.18. The van der Waals surface area contributed by atoms with Gasteiger partial charge in [-0.15, -0.1) is 0 Å². The molecule has 0 aliphatic carbocycles. The van der Waals surface area contributed by atoms with Crippen molar-refractivity contribution in [1.29, 1.82) is 0 Å². The van der Waals surface area contributed by atoms with Crippen molar-refractivity contribution in [3.63, 3.8) is 0 Å². The number of carbonyl (C=O) groups excluding carboxylic acids is 1. The van der Waals surface area contributed by atoms with E-state index in [0.717, 1.165) is 5.75 Å². The van der Waals surface area contributed by atoms with Crippen molar-refractivity contribution in [1.82, 2.24) is 0 Å². The lowest BCUT2D eigenvalue weighted by atomic mass is 10.2. The third-order valence-electron chi connectivity index (χ3n) is 2.07. The van der Waals surface area contributed by atoms with Crippen LogP contribution in [0.25, 0.3) is 0 Å². The Bertz CT molecular complexity index is 396. The summed E-state index contributed by atoms with van der Waals surface area (Å²) in [7, 11) is 0. The summed E-state index contributed by atoms with van der Waals surface area (Å²) in [6, 6.07) is 3.94. The fourth-order valence-electron chi connectivity index (χ4n) is 1.25. The average molecular weight is 256 g/mol. The molecule has 0 unspecified atom stereocenters. The maximum Gasteiger partial charge on any atom is 0.225 e. The Hall–Kier alpha value is -1.23. The highest BCUT2D eigenvalue weighted by atomic mass is 32.2. The molecule has 0 aromatic heterocycles. The highest BCUT2D eigenvalue weighted by Crippen LogP contribution is 2.19. The first-order chi connectivity index (χ1) is 7.99. The van der Waals surface area contributed by atoms with Gasteiger partial charge in [-0.05, 0) is 23.4 Å². The molecule has 0 saturated carbocycles. The van der Waals surface area contributed by atoms with Gasteiger partial charge in [0.2, 0.25) is 5.91 Å². The molecule has 1 aromatic rings. The van der Waals surface area contributed by atoms with Crippen molar-refractivity contribution < 1.29 is 9.18 Å². The molecule has 0 aliphatic rings. The Morgan fingerprint density at radius 1 is 1.53 bits per heavy atom. The quantitative estimate of drug-likeness (QED) is 0.796. The number of benzene rings is 1. The topological polar surface area (TPSA) is 55.1 Å². The van der Waals surface area contributed by atoms with Crippen molar-refractivity contribution in [2.24, 2.45) is 0 Å². The van der Waals surface area contributed by atoms with Gasteiger partial charge in [0.25, 0.3) is 0 Å². The number of nitrogens with one attached hydrogen (secondary N) is 1. The van der Waals surface area contributed by atoms with Crippen molar-refractivity contribution >= 4 is 29.0 Å². The lowest BCUT2D eigenvalue weighted by Gasteiger charge is -2.08. The molecule has 1 rings (SSSR count). The molecule has 5 heteroatoms. The van der Waals surface area contributed by atoms with Gasteiger partial charge in [-0.25, -0.2) is 4.39 Å². The molecule has 0 fully saturated rings. The third-order valence-corrected chi connectivity index (χ3v) is 3.17. The maximum atomic E-state index is 12.8. The molecule has 94 valence electrons. The fraction of sp³-hybridized carbons (Fsp3) is 0.417. The predicted octanol–water partition coefficient (Wildman–Crippen LogP) is 2.88. The monoisotopic (exact) mass is 256 g/mol. The lowest BCUT2D eigenvalue weighted by molar-refractivity contribution is -0.115. The molecule has 0 heterocycles. The van der Waals surface area contributed by atoms with Gasteiger partial charge in [0, 0.05) is 12.2 Å². The molecule has 3 N–H and O–H groups in total. The number of nitrogen functional groups attached to an aromatic ring is 1. The van der Waals surface area contributed by atoms with Crippen LogP contribution in [0.15, 0.2) is 18.2 Å². The number of carbonyl (C=O) groups is 1. The Kier molecular flexibility index (Phi) is 5.28. The van der Waals surface area contributed by atoms with Gasteiger partial charge >= 0.3 is 0 Å². The van der Waals surface area contributed by atoms with Gasteiger partial charge in [0.15, 0.2) is 0 Å². The molecule has 3 nitrogen and oxygen atoms in total. The van der Waals surface area contributed by atoms with Crippen LogP contribution in [0.1, 0.15) is 20.3 Å². The first kappa shape index (κ1) is 13.8. The highest BCUT2D eigenvalue weighted by molar-refractivity contribution is 7.99. The first-order valence-corrected chi connectivity index (χ1v) is 6.50. The Balaban J connectivity index is 2.45. The summed E-state index contributed by atoms with van der Waals surface area (Å²) >= 11 is 1.72. The number of rotatable bonds is 5. The summed E-state index contributed by atoms with van der Waals surface area (Å²) < 4.78 is 12.8. The molecule has 0 bridgehead atoms. The third kappa shape index (κ3) is 5.08. The van der Waals surface area contributed by atoms with E-state index in [9.17, 15) is 9.18 Å². The van der Waals surface area contributed by atoms with Crippen LogP contribution >= 0.6 is 11.8 Å². The number of hydrogen-bond donors (Lipinski definition) is 2. The number of nitrogens with two attached hydrogens (primary N) is 1. The van der Waals surface area contributed by atoms with Crippen LogP contribution in [0.2, 0.25) is 0 Å². The smallest absolute Gasteiger partial charge is 0.225 e. The van der Waals surface area contributed by atoms with Crippen molar-refractivity contribution in [2.45, 2.75) is 25.5 Å². The van der Waals surface area contributed by atoms with Crippen LogP contribution in [0.5, 0.6) is 0 Å². The lowest BCUT2D eigenvalue weighted by Crippen LogP contribution is -2.14. The van der Waals surface area contributed by atoms with E-state index in [-0.39, 0.29) is 11.6 Å². The molecule has 0 spiro atoms. The van der Waals surface area contributed by atoms with Gasteiger partial charge in [-0.3, -0.25) is 4.79 Å². The Morgan fingerprint density at radius 2 is 2.24 bits per heavy atom. The highest BCUT2D eigenvalue weighted by Gasteiger charge is 2.06. The van der Waals surface area contributed by atoms with Crippen molar-refractivity contribution in [3.05, 3.63) is 24.0 Å². The number of halogens is 1.